The van der Waals surface area contributed by atoms with E-state index in [1.807, 2.05) is 0 Å². The number of carbonyl (C=O) groups excluding carboxylic acids is 1. The van der Waals surface area contributed by atoms with E-state index < -0.39 is 10.7 Å². The van der Waals surface area contributed by atoms with Gasteiger partial charge in [-0.05, 0) is 6.08 Å². The highest BCUT2D eigenvalue weighted by atomic mass is 16.6. The van der Waals surface area contributed by atoms with Crippen molar-refractivity contribution in [3.8, 4) is 0 Å². The van der Waals surface area contributed by atoms with Gasteiger partial charge < -0.3 is 0 Å². The molecule has 0 amide bonds. The predicted octanol–water partition coefficient (Wildman–Crippen LogP) is 0.0570. The van der Waals surface area contributed by atoms with Gasteiger partial charge in [-0.2, -0.15) is 0 Å². The van der Waals surface area contributed by atoms with Gasteiger partial charge in [-0.15, -0.1) is 0 Å². The van der Waals surface area contributed by atoms with Gasteiger partial charge in [0.15, 0.2) is 0 Å². The SMILES string of the molecule is C=CC(=O)[C][N+](=O)[O-]. The molecule has 8 heavy (non-hydrogen) atoms. The third-order valence-electron chi connectivity index (χ3n) is 0.387. The summed E-state index contributed by atoms with van der Waals surface area (Å²) in [5.41, 5.74) is 0. The molecule has 0 aliphatic carbocycles. The van der Waals surface area contributed by atoms with Gasteiger partial charge in [0.05, 0.1) is 4.92 Å². The van der Waals surface area contributed by atoms with E-state index in [-0.39, 0.29) is 0 Å². The fourth-order valence-corrected chi connectivity index (χ4v) is 0.136. The standard InChI is InChI=1S/C4H3NO3/c1-2-4(6)3-5(7)8/h2H,1H2. The first-order valence-electron chi connectivity index (χ1n) is 1.74. The molecule has 0 saturated heterocycles. The number of rotatable bonds is 3. The minimum Gasteiger partial charge on any atom is -0.286 e. The summed E-state index contributed by atoms with van der Waals surface area (Å²) in [6, 6.07) is 0. The molecular formula is C4H3NO3. The van der Waals surface area contributed by atoms with Crippen LogP contribution < -0.4 is 0 Å². The van der Waals surface area contributed by atoms with Crippen LogP contribution in [0.3, 0.4) is 0 Å². The maximum absolute atomic E-state index is 9.95. The smallest absolute Gasteiger partial charge is 0.286 e. The topological polar surface area (TPSA) is 60.2 Å². The summed E-state index contributed by atoms with van der Waals surface area (Å²) in [7, 11) is 0. The number of carbonyl (C=O) groups is 1. The van der Waals surface area contributed by atoms with Crippen molar-refractivity contribution < 1.29 is 9.72 Å². The molecule has 0 aromatic rings. The largest absolute Gasteiger partial charge is 0.451 e. The predicted molar refractivity (Wildman–Crippen MR) is 25.4 cm³/mol. The average Bonchev–Trinajstić information content (AvgIpc) is 1.65. The van der Waals surface area contributed by atoms with Crippen molar-refractivity contribution in [2.24, 2.45) is 0 Å². The molecule has 0 atom stereocenters. The van der Waals surface area contributed by atoms with Crippen molar-refractivity contribution in [1.29, 1.82) is 0 Å². The third kappa shape index (κ3) is 3.02. The second kappa shape index (κ2) is 2.90. The van der Waals surface area contributed by atoms with Crippen LogP contribution in [0.25, 0.3) is 0 Å². The van der Waals surface area contributed by atoms with Gasteiger partial charge >= 0.3 is 6.54 Å². The molecule has 0 aliphatic rings. The van der Waals surface area contributed by atoms with Crippen LogP contribution in [-0.2, 0) is 4.79 Å². The quantitative estimate of drug-likeness (QED) is 0.225. The molecule has 0 N–H and O–H groups in total. The Kier molecular flexibility index (Phi) is 2.47. The van der Waals surface area contributed by atoms with E-state index in [1.54, 1.807) is 0 Å². The van der Waals surface area contributed by atoms with E-state index >= 15 is 0 Å². The Morgan fingerprint density at radius 1 is 1.88 bits per heavy atom. The fraction of sp³-hybridized carbons (Fsp3) is 0. The van der Waals surface area contributed by atoms with Crippen LogP contribution in [-0.4, -0.2) is 10.7 Å². The molecule has 0 spiro atoms. The van der Waals surface area contributed by atoms with Crippen molar-refractivity contribution in [3.05, 3.63) is 29.3 Å². The Balaban J connectivity index is 3.55. The van der Waals surface area contributed by atoms with E-state index in [0.29, 0.717) is 0 Å². The van der Waals surface area contributed by atoms with Crippen LogP contribution in [0.15, 0.2) is 12.7 Å². The summed E-state index contributed by atoms with van der Waals surface area (Å²) in [4.78, 5) is 18.4. The van der Waals surface area contributed by atoms with Crippen molar-refractivity contribution in [1.82, 2.24) is 0 Å². The summed E-state index contributed by atoms with van der Waals surface area (Å²) >= 11 is 0. The Morgan fingerprint density at radius 3 is 2.50 bits per heavy atom. The molecule has 0 aromatic carbocycles. The maximum Gasteiger partial charge on any atom is 0.451 e. The molecular weight excluding hydrogens is 110 g/mol. The first-order valence-corrected chi connectivity index (χ1v) is 1.74. The summed E-state index contributed by atoms with van der Waals surface area (Å²) in [5, 5.41) is 9.39. The second-order valence-electron chi connectivity index (χ2n) is 0.937. The van der Waals surface area contributed by atoms with Gasteiger partial charge in [-0.3, -0.25) is 14.9 Å². The summed E-state index contributed by atoms with van der Waals surface area (Å²) < 4.78 is 0. The zero-order valence-electron chi connectivity index (χ0n) is 3.96. The lowest BCUT2D eigenvalue weighted by atomic mass is 10.4. The van der Waals surface area contributed by atoms with E-state index in [4.69, 9.17) is 0 Å². The zero-order chi connectivity index (χ0) is 6.57. The van der Waals surface area contributed by atoms with Crippen molar-refractivity contribution >= 4 is 5.78 Å². The monoisotopic (exact) mass is 113 g/mol. The Hall–Kier alpha value is -1.19. The van der Waals surface area contributed by atoms with E-state index in [1.165, 1.54) is 6.54 Å². The van der Waals surface area contributed by atoms with Crippen molar-refractivity contribution in [3.63, 3.8) is 0 Å². The lowest BCUT2D eigenvalue weighted by Gasteiger charge is -1.77. The third-order valence-corrected chi connectivity index (χ3v) is 0.387. The van der Waals surface area contributed by atoms with Crippen LogP contribution in [0.1, 0.15) is 0 Å². The van der Waals surface area contributed by atoms with E-state index in [9.17, 15) is 14.9 Å². The summed E-state index contributed by atoms with van der Waals surface area (Å²) in [6.45, 7) is 4.35. The molecule has 4 heteroatoms. The lowest BCUT2D eigenvalue weighted by molar-refractivity contribution is -0.427. The maximum atomic E-state index is 9.95. The molecule has 4 nitrogen and oxygen atoms in total. The van der Waals surface area contributed by atoms with Gasteiger partial charge in [-0.1, -0.05) is 6.58 Å². The molecule has 0 heterocycles. The van der Waals surface area contributed by atoms with Crippen LogP contribution >= 0.6 is 0 Å². The van der Waals surface area contributed by atoms with Crippen LogP contribution in [0.4, 0.5) is 0 Å². The average molecular weight is 113 g/mol. The first kappa shape index (κ1) is 6.81. The minimum absolute atomic E-state index is 0.810. The molecule has 0 bridgehead atoms. The highest BCUT2D eigenvalue weighted by Gasteiger charge is 2.09. The molecule has 2 radical (unpaired) electrons. The second-order valence-corrected chi connectivity index (χ2v) is 0.937. The van der Waals surface area contributed by atoms with Gasteiger partial charge in [0.1, 0.15) is 0 Å². The van der Waals surface area contributed by atoms with Crippen LogP contribution in [0, 0.1) is 16.7 Å². The lowest BCUT2D eigenvalue weighted by Crippen LogP contribution is -2.02. The zero-order valence-corrected chi connectivity index (χ0v) is 3.96. The normalized spacial score (nSPS) is 8.00. The number of ketones is 1. The highest BCUT2D eigenvalue weighted by molar-refractivity contribution is 5.94. The van der Waals surface area contributed by atoms with Gasteiger partial charge in [0, 0.05) is 0 Å². The number of nitrogens with zero attached hydrogens (tertiary/aromatic N) is 1. The Morgan fingerprint density at radius 2 is 2.38 bits per heavy atom. The molecule has 0 fully saturated rings. The minimum atomic E-state index is -0.940. The fourth-order valence-electron chi connectivity index (χ4n) is 0.136. The molecule has 0 rings (SSSR count). The Bertz CT molecular complexity index is 129. The first-order chi connectivity index (χ1) is 3.66. The van der Waals surface area contributed by atoms with E-state index in [0.717, 1.165) is 6.08 Å². The van der Waals surface area contributed by atoms with Gasteiger partial charge in [-0.25, -0.2) is 0 Å². The molecule has 0 aliphatic heterocycles. The van der Waals surface area contributed by atoms with Crippen molar-refractivity contribution in [2.45, 2.75) is 0 Å². The summed E-state index contributed by atoms with van der Waals surface area (Å²) in [6.07, 6.45) is 0.822. The van der Waals surface area contributed by atoms with Gasteiger partial charge in [0.25, 0.3) is 0 Å². The molecule has 0 aromatic heterocycles. The van der Waals surface area contributed by atoms with Crippen molar-refractivity contribution in [2.75, 3.05) is 0 Å². The highest BCUT2D eigenvalue weighted by Crippen LogP contribution is 1.80. The molecule has 42 valence electrons. The number of hydrogen-bond donors (Lipinski definition) is 0. The number of nitro groups is 1. The molecule has 0 unspecified atom stereocenters. The van der Waals surface area contributed by atoms with Crippen LogP contribution in [0.2, 0.25) is 0 Å². The Labute approximate surface area is 46.0 Å². The van der Waals surface area contributed by atoms with Gasteiger partial charge in [0.2, 0.25) is 5.78 Å². The van der Waals surface area contributed by atoms with Crippen LogP contribution in [0.5, 0.6) is 0 Å². The number of hydrogen-bond acceptors (Lipinski definition) is 3. The molecule has 0 saturated carbocycles. The van der Waals surface area contributed by atoms with E-state index in [2.05, 4.69) is 6.58 Å². The summed E-state index contributed by atoms with van der Waals surface area (Å²) in [5.74, 6) is -0.810.